The van der Waals surface area contributed by atoms with Crippen molar-refractivity contribution in [3.8, 4) is 0 Å². The second-order valence-corrected chi connectivity index (χ2v) is 6.03. The zero-order valence-corrected chi connectivity index (χ0v) is 14.3. The maximum atomic E-state index is 10.6. The zero-order chi connectivity index (χ0) is 19.2. The number of H-pyrrole nitrogens is 1. The van der Waals surface area contributed by atoms with Crippen molar-refractivity contribution >= 4 is 5.97 Å². The van der Waals surface area contributed by atoms with Crippen molar-refractivity contribution in [3.63, 3.8) is 0 Å². The first-order chi connectivity index (χ1) is 12.3. The summed E-state index contributed by atoms with van der Waals surface area (Å²) in [6, 6.07) is 0. The van der Waals surface area contributed by atoms with Crippen LogP contribution in [0.4, 0.5) is 13.2 Å². The van der Waals surface area contributed by atoms with E-state index >= 15 is 0 Å². The van der Waals surface area contributed by atoms with Gasteiger partial charge in [0.2, 0.25) is 0 Å². The summed E-state index contributed by atoms with van der Waals surface area (Å²) in [5, 5.41) is 18.9. The van der Waals surface area contributed by atoms with Crippen molar-refractivity contribution in [1.29, 1.82) is 0 Å². The first-order valence-electron chi connectivity index (χ1n) is 8.13. The number of fused-ring (bicyclic) bond motifs is 1. The molecule has 11 heteroatoms. The minimum Gasteiger partial charge on any atom is -0.475 e. The Kier molecular flexibility index (Phi) is 6.72. The second-order valence-electron chi connectivity index (χ2n) is 6.03. The van der Waals surface area contributed by atoms with Crippen molar-refractivity contribution in [2.24, 2.45) is 0 Å². The molecule has 3 rings (SSSR count). The Morgan fingerprint density at radius 3 is 2.69 bits per heavy atom. The maximum absolute atomic E-state index is 10.6. The van der Waals surface area contributed by atoms with Crippen LogP contribution in [0.15, 0.2) is 12.7 Å². The quantitative estimate of drug-likeness (QED) is 0.825. The monoisotopic (exact) mass is 374 g/mol. The van der Waals surface area contributed by atoms with Gasteiger partial charge in [-0.2, -0.15) is 23.4 Å². The van der Waals surface area contributed by atoms with Crippen LogP contribution in [-0.2, 0) is 30.7 Å². The highest BCUT2D eigenvalue weighted by Crippen LogP contribution is 2.22. The number of nitrogens with zero attached hydrogens (tertiary/aromatic N) is 5. The highest BCUT2D eigenvalue weighted by molar-refractivity contribution is 5.73. The average molecular weight is 374 g/mol. The van der Waals surface area contributed by atoms with Crippen LogP contribution in [0.25, 0.3) is 0 Å². The molecular weight excluding hydrogens is 353 g/mol. The van der Waals surface area contributed by atoms with E-state index in [0.29, 0.717) is 0 Å². The third kappa shape index (κ3) is 5.83. The van der Waals surface area contributed by atoms with Crippen molar-refractivity contribution in [1.82, 2.24) is 29.9 Å². The van der Waals surface area contributed by atoms with Crippen molar-refractivity contribution in [2.45, 2.75) is 44.9 Å². The van der Waals surface area contributed by atoms with Gasteiger partial charge in [-0.05, 0) is 38.3 Å². The molecule has 0 aromatic carbocycles. The number of hydrogen-bond donors (Lipinski definition) is 2. The third-order valence-electron chi connectivity index (χ3n) is 3.98. The SMILES string of the molecule is CN(CCn1cncn1)Cc1n[nH]c2c1CCCC2.O=C(O)C(F)(F)F. The fraction of sp³-hybridized carbons (Fsp3) is 0.600. The van der Waals surface area contributed by atoms with Gasteiger partial charge in [-0.3, -0.25) is 14.7 Å². The number of aryl methyl sites for hydroxylation is 1. The highest BCUT2D eigenvalue weighted by Gasteiger charge is 2.38. The Hall–Kier alpha value is -2.43. The molecule has 0 unspecified atom stereocenters. The Labute approximate surface area is 148 Å². The molecule has 1 aliphatic carbocycles. The number of nitrogens with one attached hydrogen (secondary N) is 1. The highest BCUT2D eigenvalue weighted by atomic mass is 19.4. The molecule has 26 heavy (non-hydrogen) atoms. The third-order valence-corrected chi connectivity index (χ3v) is 3.98. The first kappa shape index (κ1) is 19.9. The molecule has 0 amide bonds. The van der Waals surface area contributed by atoms with E-state index in [4.69, 9.17) is 9.90 Å². The van der Waals surface area contributed by atoms with Crippen LogP contribution in [0.5, 0.6) is 0 Å². The number of hydrogen-bond acceptors (Lipinski definition) is 5. The van der Waals surface area contributed by atoms with Crippen LogP contribution >= 0.6 is 0 Å². The number of carbonyl (C=O) groups is 1. The topological polar surface area (TPSA) is 99.9 Å². The molecule has 0 saturated carbocycles. The van der Waals surface area contributed by atoms with E-state index in [0.717, 1.165) is 26.1 Å². The maximum Gasteiger partial charge on any atom is 0.490 e. The lowest BCUT2D eigenvalue weighted by molar-refractivity contribution is -0.192. The van der Waals surface area contributed by atoms with E-state index < -0.39 is 12.1 Å². The molecule has 0 bridgehead atoms. The van der Waals surface area contributed by atoms with Crippen molar-refractivity contribution < 1.29 is 23.1 Å². The molecule has 0 spiro atoms. The number of carboxylic acids is 1. The van der Waals surface area contributed by atoms with E-state index in [9.17, 15) is 13.2 Å². The minimum atomic E-state index is -5.08. The van der Waals surface area contributed by atoms with Gasteiger partial charge in [0, 0.05) is 18.8 Å². The molecule has 1 aliphatic rings. The number of rotatable bonds is 5. The van der Waals surface area contributed by atoms with Crippen LogP contribution in [0.1, 0.15) is 29.8 Å². The zero-order valence-electron chi connectivity index (χ0n) is 14.3. The van der Waals surface area contributed by atoms with Crippen LogP contribution in [0.3, 0.4) is 0 Å². The summed E-state index contributed by atoms with van der Waals surface area (Å²) in [6.45, 7) is 2.72. The van der Waals surface area contributed by atoms with E-state index in [1.54, 1.807) is 12.7 Å². The van der Waals surface area contributed by atoms with Gasteiger partial charge in [-0.1, -0.05) is 0 Å². The lowest BCUT2D eigenvalue weighted by Gasteiger charge is -2.17. The number of likely N-dealkylation sites (N-methyl/N-ethyl adjacent to an activating group) is 1. The molecular formula is C15H21F3N6O2. The number of halogens is 3. The van der Waals surface area contributed by atoms with Crippen LogP contribution in [-0.4, -0.2) is 60.7 Å². The molecule has 144 valence electrons. The Morgan fingerprint density at radius 1 is 1.38 bits per heavy atom. The Morgan fingerprint density at radius 2 is 2.08 bits per heavy atom. The van der Waals surface area contributed by atoms with Gasteiger partial charge in [0.05, 0.1) is 12.2 Å². The lowest BCUT2D eigenvalue weighted by Crippen LogP contribution is -2.24. The Balaban J connectivity index is 0.000000298. The summed E-state index contributed by atoms with van der Waals surface area (Å²) in [6.07, 6.45) is 3.16. The van der Waals surface area contributed by atoms with E-state index in [1.807, 2.05) is 4.68 Å². The standard InChI is InChI=1S/C13H20N6.C2HF3O2/c1-18(6-7-19-10-14-9-15-19)8-13-11-4-2-3-5-12(11)16-17-13;3-2(4,5)1(6)7/h9-10H,2-8H2,1H3,(H,16,17);(H,6,7). The molecule has 2 heterocycles. The van der Waals surface area contributed by atoms with Crippen LogP contribution in [0, 0.1) is 0 Å². The van der Waals surface area contributed by atoms with Gasteiger partial charge in [0.25, 0.3) is 0 Å². The number of carboxylic acid groups (broad SMARTS) is 1. The molecule has 8 nitrogen and oxygen atoms in total. The fourth-order valence-corrected chi connectivity index (χ4v) is 2.64. The smallest absolute Gasteiger partial charge is 0.475 e. The normalized spacial score (nSPS) is 13.9. The molecule has 2 aromatic rings. The van der Waals surface area contributed by atoms with Gasteiger partial charge in [0.15, 0.2) is 0 Å². The largest absolute Gasteiger partial charge is 0.490 e. The minimum absolute atomic E-state index is 0.864. The van der Waals surface area contributed by atoms with Gasteiger partial charge in [-0.25, -0.2) is 9.78 Å². The van der Waals surface area contributed by atoms with Gasteiger partial charge < -0.3 is 5.11 Å². The van der Waals surface area contributed by atoms with Crippen LogP contribution < -0.4 is 0 Å². The van der Waals surface area contributed by atoms with Gasteiger partial charge in [-0.15, -0.1) is 0 Å². The molecule has 0 radical (unpaired) electrons. The molecule has 2 aromatic heterocycles. The van der Waals surface area contributed by atoms with E-state index in [1.165, 1.54) is 36.2 Å². The lowest BCUT2D eigenvalue weighted by atomic mass is 9.96. The number of alkyl halides is 3. The van der Waals surface area contributed by atoms with E-state index in [2.05, 4.69) is 32.2 Å². The molecule has 0 atom stereocenters. The number of aromatic amines is 1. The van der Waals surface area contributed by atoms with E-state index in [-0.39, 0.29) is 0 Å². The van der Waals surface area contributed by atoms with Crippen LogP contribution in [0.2, 0.25) is 0 Å². The molecule has 2 N–H and O–H groups in total. The second kappa shape index (κ2) is 8.79. The summed E-state index contributed by atoms with van der Waals surface area (Å²) >= 11 is 0. The summed E-state index contributed by atoms with van der Waals surface area (Å²) in [5.41, 5.74) is 4.03. The number of aliphatic carboxylic acids is 1. The predicted octanol–water partition coefficient (Wildman–Crippen LogP) is 1.65. The Bertz CT molecular complexity index is 699. The van der Waals surface area contributed by atoms with Gasteiger partial charge >= 0.3 is 12.1 Å². The van der Waals surface area contributed by atoms with Crippen molar-refractivity contribution in [2.75, 3.05) is 13.6 Å². The number of aromatic nitrogens is 5. The average Bonchev–Trinajstić information content (AvgIpc) is 3.23. The summed E-state index contributed by atoms with van der Waals surface area (Å²) in [5.74, 6) is -2.76. The van der Waals surface area contributed by atoms with Crippen molar-refractivity contribution in [3.05, 3.63) is 29.6 Å². The summed E-state index contributed by atoms with van der Waals surface area (Å²) in [4.78, 5) is 15.1. The fourth-order valence-electron chi connectivity index (χ4n) is 2.64. The summed E-state index contributed by atoms with van der Waals surface area (Å²) in [7, 11) is 2.13. The molecule has 0 fully saturated rings. The molecule has 0 saturated heterocycles. The predicted molar refractivity (Wildman–Crippen MR) is 85.3 cm³/mol. The summed E-state index contributed by atoms with van der Waals surface area (Å²) < 4.78 is 33.6. The molecule has 0 aliphatic heterocycles. The first-order valence-corrected chi connectivity index (χ1v) is 8.13. The van der Waals surface area contributed by atoms with Gasteiger partial charge in [0.1, 0.15) is 12.7 Å².